The van der Waals surface area contributed by atoms with Gasteiger partial charge in [0.25, 0.3) is 0 Å². The number of hydrogen-bond donors (Lipinski definition) is 0. The number of fused-ring (bicyclic) bond motifs is 1. The van der Waals surface area contributed by atoms with Gasteiger partial charge >= 0.3 is 0 Å². The molecule has 1 aliphatic rings. The highest BCUT2D eigenvalue weighted by atomic mass is 16.5. The van der Waals surface area contributed by atoms with Crippen molar-refractivity contribution in [1.29, 1.82) is 0 Å². The van der Waals surface area contributed by atoms with Gasteiger partial charge in [0.05, 0.1) is 18.7 Å². The molecule has 3 aromatic rings. The number of benzene rings is 1. The molecule has 1 saturated carbocycles. The largest absolute Gasteiger partial charge is 0.493 e. The van der Waals surface area contributed by atoms with Crippen LogP contribution >= 0.6 is 0 Å². The Bertz CT molecular complexity index is 771. The second kappa shape index (κ2) is 4.91. The molecule has 0 atom stereocenters. The van der Waals surface area contributed by atoms with Crippen LogP contribution in [0.1, 0.15) is 37.4 Å². The van der Waals surface area contributed by atoms with Gasteiger partial charge in [-0.3, -0.25) is 0 Å². The maximum absolute atomic E-state index is 5.66. The number of rotatable bonds is 5. The van der Waals surface area contributed by atoms with E-state index in [2.05, 4.69) is 26.8 Å². The predicted octanol–water partition coefficient (Wildman–Crippen LogP) is 3.35. The van der Waals surface area contributed by atoms with E-state index in [0.717, 1.165) is 28.4 Å². The molecule has 2 heterocycles. The van der Waals surface area contributed by atoms with Gasteiger partial charge in [0.15, 0.2) is 5.82 Å². The highest BCUT2D eigenvalue weighted by Crippen LogP contribution is 2.38. The van der Waals surface area contributed by atoms with Crippen molar-refractivity contribution < 1.29 is 9.26 Å². The quantitative estimate of drug-likeness (QED) is 0.720. The molecule has 1 fully saturated rings. The summed E-state index contributed by atoms with van der Waals surface area (Å²) in [6, 6.07) is 8.16. The first-order valence-electron chi connectivity index (χ1n) is 7.38. The Morgan fingerprint density at radius 3 is 3.05 bits per heavy atom. The fourth-order valence-corrected chi connectivity index (χ4v) is 2.59. The Labute approximate surface area is 122 Å². The van der Waals surface area contributed by atoms with Gasteiger partial charge in [-0.25, -0.2) is 0 Å². The third kappa shape index (κ3) is 2.28. The zero-order valence-electron chi connectivity index (χ0n) is 12.0. The summed E-state index contributed by atoms with van der Waals surface area (Å²) < 4.78 is 13.1. The minimum absolute atomic E-state index is 0.497. The Hall–Kier alpha value is -2.30. The van der Waals surface area contributed by atoms with Gasteiger partial charge in [-0.1, -0.05) is 11.2 Å². The number of nitrogens with zero attached hydrogens (tertiary/aromatic N) is 3. The fourth-order valence-electron chi connectivity index (χ4n) is 2.59. The molecule has 21 heavy (non-hydrogen) atoms. The summed E-state index contributed by atoms with van der Waals surface area (Å²) in [7, 11) is 0. The molecule has 5 nitrogen and oxygen atoms in total. The maximum atomic E-state index is 5.66. The van der Waals surface area contributed by atoms with Crippen LogP contribution in [0.4, 0.5) is 0 Å². The first-order chi connectivity index (χ1) is 10.3. The average molecular weight is 283 g/mol. The van der Waals surface area contributed by atoms with Gasteiger partial charge in [-0.2, -0.15) is 4.98 Å². The summed E-state index contributed by atoms with van der Waals surface area (Å²) >= 11 is 0. The standard InChI is InChI=1S/C16H17N3O2/c1-2-20-14-5-3-4-13-12(14)8-9-19(13)10-15-17-16(21-18-15)11-6-7-11/h3-5,8-9,11H,2,6-7,10H2,1H3. The summed E-state index contributed by atoms with van der Waals surface area (Å²) in [6.07, 6.45) is 4.39. The molecule has 108 valence electrons. The van der Waals surface area contributed by atoms with Crippen molar-refractivity contribution in [2.75, 3.05) is 6.61 Å². The topological polar surface area (TPSA) is 53.1 Å². The lowest BCUT2D eigenvalue weighted by molar-refractivity contribution is 0.344. The molecule has 4 rings (SSSR count). The van der Waals surface area contributed by atoms with Gasteiger partial charge in [-0.05, 0) is 38.0 Å². The predicted molar refractivity (Wildman–Crippen MR) is 78.5 cm³/mol. The Morgan fingerprint density at radius 1 is 1.33 bits per heavy atom. The van der Waals surface area contributed by atoms with Crippen molar-refractivity contribution in [1.82, 2.24) is 14.7 Å². The van der Waals surface area contributed by atoms with E-state index in [9.17, 15) is 0 Å². The average Bonchev–Trinajstić information content (AvgIpc) is 3.11. The third-order valence-electron chi connectivity index (χ3n) is 3.80. The Morgan fingerprint density at radius 2 is 2.24 bits per heavy atom. The van der Waals surface area contributed by atoms with Crippen LogP contribution in [-0.4, -0.2) is 21.3 Å². The zero-order chi connectivity index (χ0) is 14.2. The molecule has 5 heteroatoms. The summed E-state index contributed by atoms with van der Waals surface area (Å²) in [5, 5.41) is 5.20. The molecule has 0 bridgehead atoms. The molecule has 0 N–H and O–H groups in total. The number of hydrogen-bond acceptors (Lipinski definition) is 4. The fraction of sp³-hybridized carbons (Fsp3) is 0.375. The van der Waals surface area contributed by atoms with Crippen LogP contribution in [0.3, 0.4) is 0 Å². The van der Waals surface area contributed by atoms with E-state index in [1.165, 1.54) is 12.8 Å². The van der Waals surface area contributed by atoms with Gasteiger partial charge < -0.3 is 13.8 Å². The van der Waals surface area contributed by atoms with Crippen LogP contribution in [-0.2, 0) is 6.54 Å². The van der Waals surface area contributed by atoms with Crippen LogP contribution < -0.4 is 4.74 Å². The molecule has 0 unspecified atom stereocenters. The number of ether oxygens (including phenoxy) is 1. The smallest absolute Gasteiger partial charge is 0.229 e. The van der Waals surface area contributed by atoms with Crippen LogP contribution in [0, 0.1) is 0 Å². The van der Waals surface area contributed by atoms with Crippen molar-refractivity contribution in [3.05, 3.63) is 42.2 Å². The molecule has 1 aliphatic carbocycles. The summed E-state index contributed by atoms with van der Waals surface area (Å²) in [5.74, 6) is 2.94. The van der Waals surface area contributed by atoms with Gasteiger partial charge in [0.2, 0.25) is 5.89 Å². The molecule has 0 amide bonds. The minimum atomic E-state index is 0.497. The van der Waals surface area contributed by atoms with Gasteiger partial charge in [0, 0.05) is 17.5 Å². The van der Waals surface area contributed by atoms with Crippen LogP contribution in [0.5, 0.6) is 5.75 Å². The molecule has 0 spiro atoms. The number of aromatic nitrogens is 3. The molecule has 0 saturated heterocycles. The molecule has 1 aromatic carbocycles. The van der Waals surface area contributed by atoms with E-state index < -0.39 is 0 Å². The van der Waals surface area contributed by atoms with Crippen molar-refractivity contribution in [3.63, 3.8) is 0 Å². The maximum Gasteiger partial charge on any atom is 0.229 e. The summed E-state index contributed by atoms with van der Waals surface area (Å²) in [6.45, 7) is 3.28. The first-order valence-corrected chi connectivity index (χ1v) is 7.38. The van der Waals surface area contributed by atoms with Gasteiger partial charge in [0.1, 0.15) is 5.75 Å². The zero-order valence-corrected chi connectivity index (χ0v) is 12.0. The van der Waals surface area contributed by atoms with Crippen LogP contribution in [0.25, 0.3) is 10.9 Å². The van der Waals surface area contributed by atoms with Crippen LogP contribution in [0.15, 0.2) is 35.0 Å². The van der Waals surface area contributed by atoms with E-state index >= 15 is 0 Å². The molecular weight excluding hydrogens is 266 g/mol. The van der Waals surface area contributed by atoms with Crippen molar-refractivity contribution in [2.45, 2.75) is 32.2 Å². The van der Waals surface area contributed by atoms with E-state index in [4.69, 9.17) is 9.26 Å². The summed E-state index contributed by atoms with van der Waals surface area (Å²) in [5.41, 5.74) is 1.12. The molecule has 0 aliphatic heterocycles. The normalized spacial score (nSPS) is 14.7. The Balaban J connectivity index is 1.64. The SMILES string of the molecule is CCOc1cccc2c1ccn2Cc1noc(C2CC2)n1. The van der Waals surface area contributed by atoms with E-state index in [0.29, 0.717) is 19.1 Å². The lowest BCUT2D eigenvalue weighted by Gasteiger charge is -2.06. The van der Waals surface area contributed by atoms with E-state index in [1.807, 2.05) is 25.3 Å². The van der Waals surface area contributed by atoms with E-state index in [-0.39, 0.29) is 0 Å². The minimum Gasteiger partial charge on any atom is -0.493 e. The lowest BCUT2D eigenvalue weighted by atomic mass is 10.2. The molecular formula is C16H17N3O2. The Kier molecular flexibility index (Phi) is 2.91. The highest BCUT2D eigenvalue weighted by molar-refractivity contribution is 5.86. The van der Waals surface area contributed by atoms with Gasteiger partial charge in [-0.15, -0.1) is 0 Å². The second-order valence-electron chi connectivity index (χ2n) is 5.39. The molecule has 2 aromatic heterocycles. The first kappa shape index (κ1) is 12.4. The van der Waals surface area contributed by atoms with E-state index in [1.54, 1.807) is 0 Å². The lowest BCUT2D eigenvalue weighted by Crippen LogP contribution is -2.00. The monoisotopic (exact) mass is 283 g/mol. The highest BCUT2D eigenvalue weighted by Gasteiger charge is 2.29. The van der Waals surface area contributed by atoms with Crippen molar-refractivity contribution in [2.24, 2.45) is 0 Å². The van der Waals surface area contributed by atoms with Crippen molar-refractivity contribution in [3.8, 4) is 5.75 Å². The molecule has 0 radical (unpaired) electrons. The van der Waals surface area contributed by atoms with Crippen LogP contribution in [0.2, 0.25) is 0 Å². The van der Waals surface area contributed by atoms with Crippen molar-refractivity contribution >= 4 is 10.9 Å². The second-order valence-corrected chi connectivity index (χ2v) is 5.39. The summed E-state index contributed by atoms with van der Waals surface area (Å²) in [4.78, 5) is 4.48. The third-order valence-corrected chi connectivity index (χ3v) is 3.80.